The molecule has 32 heavy (non-hydrogen) atoms. The van der Waals surface area contributed by atoms with Crippen LogP contribution in [0.15, 0.2) is 84.0 Å². The third kappa shape index (κ3) is 6.42. The molecule has 1 aromatic heterocycles. The number of esters is 1. The average Bonchev–Trinajstić information content (AvgIpc) is 2.80. The van der Waals surface area contributed by atoms with E-state index in [1.165, 1.54) is 13.1 Å². The first kappa shape index (κ1) is 23.0. The topological polar surface area (TPSA) is 97.4 Å². The molecule has 0 fully saturated rings. The van der Waals surface area contributed by atoms with E-state index < -0.39 is 23.2 Å². The Balaban J connectivity index is 1.62. The van der Waals surface area contributed by atoms with Gasteiger partial charge in [0.25, 0.3) is 5.91 Å². The fourth-order valence-electron chi connectivity index (χ4n) is 2.67. The predicted molar refractivity (Wildman–Crippen MR) is 125 cm³/mol. The maximum atomic E-state index is 12.7. The van der Waals surface area contributed by atoms with Crippen molar-refractivity contribution in [2.75, 3.05) is 10.6 Å². The van der Waals surface area contributed by atoms with E-state index >= 15 is 0 Å². The SMILES string of the molecule is C[C@@H](OC(=O)c1cccnc1S[C@H](C)C(=O)Nc1ccccc1)C(=O)Nc1ccccc1. The molecule has 7 nitrogen and oxygen atoms in total. The van der Waals surface area contributed by atoms with Crippen LogP contribution >= 0.6 is 11.8 Å². The number of aromatic nitrogens is 1. The van der Waals surface area contributed by atoms with Crippen molar-refractivity contribution in [1.82, 2.24) is 4.98 Å². The Morgan fingerprint density at radius 2 is 1.38 bits per heavy atom. The minimum absolute atomic E-state index is 0.191. The number of benzene rings is 2. The second kappa shape index (κ2) is 11.1. The van der Waals surface area contributed by atoms with Crippen LogP contribution in [0.3, 0.4) is 0 Å². The van der Waals surface area contributed by atoms with Crippen LogP contribution in [0.5, 0.6) is 0 Å². The summed E-state index contributed by atoms with van der Waals surface area (Å²) in [6.07, 6.45) is 0.520. The molecule has 0 saturated carbocycles. The first-order valence-electron chi connectivity index (χ1n) is 9.98. The van der Waals surface area contributed by atoms with Crippen molar-refractivity contribution < 1.29 is 19.1 Å². The summed E-state index contributed by atoms with van der Waals surface area (Å²) in [5.41, 5.74) is 1.48. The van der Waals surface area contributed by atoms with Gasteiger partial charge in [0.15, 0.2) is 6.10 Å². The molecule has 0 aliphatic carbocycles. The fraction of sp³-hybridized carbons (Fsp3) is 0.167. The molecule has 0 saturated heterocycles. The van der Waals surface area contributed by atoms with Gasteiger partial charge in [-0.3, -0.25) is 9.59 Å². The van der Waals surface area contributed by atoms with E-state index in [0.29, 0.717) is 16.4 Å². The van der Waals surface area contributed by atoms with Gasteiger partial charge in [0.05, 0.1) is 10.8 Å². The first-order valence-corrected chi connectivity index (χ1v) is 10.9. The molecule has 0 bridgehead atoms. The van der Waals surface area contributed by atoms with Gasteiger partial charge in [-0.05, 0) is 50.2 Å². The van der Waals surface area contributed by atoms with Crippen molar-refractivity contribution in [3.05, 3.63) is 84.6 Å². The van der Waals surface area contributed by atoms with E-state index in [1.807, 2.05) is 24.3 Å². The Morgan fingerprint density at radius 3 is 1.97 bits per heavy atom. The highest BCUT2D eigenvalue weighted by Gasteiger charge is 2.24. The van der Waals surface area contributed by atoms with E-state index in [1.54, 1.807) is 55.5 Å². The molecule has 0 aliphatic rings. The van der Waals surface area contributed by atoms with Crippen LogP contribution in [0.1, 0.15) is 24.2 Å². The van der Waals surface area contributed by atoms with Gasteiger partial charge in [0, 0.05) is 17.6 Å². The highest BCUT2D eigenvalue weighted by atomic mass is 32.2. The molecule has 2 amide bonds. The van der Waals surface area contributed by atoms with Gasteiger partial charge >= 0.3 is 5.97 Å². The lowest BCUT2D eigenvalue weighted by Crippen LogP contribution is -2.30. The molecule has 2 N–H and O–H groups in total. The van der Waals surface area contributed by atoms with Crippen molar-refractivity contribution in [1.29, 1.82) is 0 Å². The molecular formula is C24H23N3O4S. The molecule has 0 unspecified atom stereocenters. The zero-order valence-electron chi connectivity index (χ0n) is 17.6. The molecule has 0 spiro atoms. The van der Waals surface area contributed by atoms with E-state index in [-0.39, 0.29) is 11.5 Å². The number of pyridine rings is 1. The van der Waals surface area contributed by atoms with Crippen LogP contribution in [0.2, 0.25) is 0 Å². The Hall–Kier alpha value is -3.65. The summed E-state index contributed by atoms with van der Waals surface area (Å²) < 4.78 is 5.34. The zero-order chi connectivity index (χ0) is 22.9. The number of carbonyl (C=O) groups is 3. The lowest BCUT2D eigenvalue weighted by molar-refractivity contribution is -0.123. The van der Waals surface area contributed by atoms with Crippen LogP contribution in [-0.4, -0.2) is 34.1 Å². The van der Waals surface area contributed by atoms with Crippen LogP contribution in [0.4, 0.5) is 11.4 Å². The number of nitrogens with zero attached hydrogens (tertiary/aromatic N) is 1. The fourth-order valence-corrected chi connectivity index (χ4v) is 3.57. The number of rotatable bonds is 8. The van der Waals surface area contributed by atoms with E-state index in [9.17, 15) is 14.4 Å². The van der Waals surface area contributed by atoms with Crippen molar-refractivity contribution in [2.24, 2.45) is 0 Å². The van der Waals surface area contributed by atoms with E-state index in [4.69, 9.17) is 4.74 Å². The van der Waals surface area contributed by atoms with Gasteiger partial charge in [-0.1, -0.05) is 48.2 Å². The number of hydrogen-bond donors (Lipinski definition) is 2. The summed E-state index contributed by atoms with van der Waals surface area (Å²) >= 11 is 1.14. The largest absolute Gasteiger partial charge is 0.449 e. The zero-order valence-corrected chi connectivity index (χ0v) is 18.5. The molecule has 2 aromatic carbocycles. The lowest BCUT2D eigenvalue weighted by atomic mass is 10.2. The maximum Gasteiger partial charge on any atom is 0.341 e. The Morgan fingerprint density at radius 1 is 0.812 bits per heavy atom. The summed E-state index contributed by atoms with van der Waals surface area (Å²) in [6.45, 7) is 3.22. The third-order valence-corrected chi connectivity index (χ3v) is 5.50. The smallest absolute Gasteiger partial charge is 0.341 e. The number of nitrogens with one attached hydrogen (secondary N) is 2. The van der Waals surface area contributed by atoms with Gasteiger partial charge in [0.2, 0.25) is 5.91 Å². The van der Waals surface area contributed by atoms with Gasteiger partial charge < -0.3 is 15.4 Å². The molecule has 1 heterocycles. The van der Waals surface area contributed by atoms with Crippen LogP contribution < -0.4 is 10.6 Å². The lowest BCUT2D eigenvalue weighted by Gasteiger charge is -2.16. The van der Waals surface area contributed by atoms with Crippen LogP contribution in [0.25, 0.3) is 0 Å². The highest BCUT2D eigenvalue weighted by molar-refractivity contribution is 8.00. The second-order valence-corrected chi connectivity index (χ2v) is 8.20. The third-order valence-electron chi connectivity index (χ3n) is 4.38. The van der Waals surface area contributed by atoms with E-state index in [2.05, 4.69) is 15.6 Å². The normalized spacial score (nSPS) is 12.3. The number of ether oxygens (including phenoxy) is 1. The second-order valence-electron chi connectivity index (χ2n) is 6.87. The monoisotopic (exact) mass is 449 g/mol. The van der Waals surface area contributed by atoms with Gasteiger partial charge in [-0.2, -0.15) is 0 Å². The van der Waals surface area contributed by atoms with Gasteiger partial charge in [-0.25, -0.2) is 9.78 Å². The van der Waals surface area contributed by atoms with E-state index in [0.717, 1.165) is 11.8 Å². The number of carbonyl (C=O) groups excluding carboxylic acids is 3. The van der Waals surface area contributed by atoms with Gasteiger partial charge in [-0.15, -0.1) is 0 Å². The number of amides is 2. The average molecular weight is 450 g/mol. The summed E-state index contributed by atoms with van der Waals surface area (Å²) in [7, 11) is 0. The van der Waals surface area contributed by atoms with Crippen molar-refractivity contribution in [3.63, 3.8) is 0 Å². The predicted octanol–water partition coefficient (Wildman–Crippen LogP) is 4.38. The van der Waals surface area contributed by atoms with Gasteiger partial charge in [0.1, 0.15) is 5.03 Å². The number of thioether (sulfide) groups is 1. The summed E-state index contributed by atoms with van der Waals surface area (Å²) in [6, 6.07) is 21.2. The molecule has 0 radical (unpaired) electrons. The van der Waals surface area contributed by atoms with Crippen molar-refractivity contribution >= 4 is 40.9 Å². The molecule has 3 rings (SSSR count). The number of para-hydroxylation sites is 2. The molecule has 164 valence electrons. The molecule has 0 aliphatic heterocycles. The minimum Gasteiger partial charge on any atom is -0.449 e. The molecule has 3 aromatic rings. The number of anilines is 2. The highest BCUT2D eigenvalue weighted by Crippen LogP contribution is 2.26. The first-order chi connectivity index (χ1) is 15.4. The van der Waals surface area contributed by atoms with Crippen molar-refractivity contribution in [2.45, 2.75) is 30.2 Å². The minimum atomic E-state index is -1.01. The maximum absolute atomic E-state index is 12.7. The standard InChI is InChI=1S/C24H23N3O4S/c1-16(21(28)26-18-10-5-3-6-11-18)31-24(30)20-14-9-15-25-23(20)32-17(2)22(29)27-19-12-7-4-8-13-19/h3-17H,1-2H3,(H,26,28)(H,27,29)/t16-,17-/m1/s1. The summed E-state index contributed by atoms with van der Waals surface area (Å²) in [5.74, 6) is -1.35. The molecule has 8 heteroatoms. The number of hydrogen-bond acceptors (Lipinski definition) is 6. The van der Waals surface area contributed by atoms with Crippen LogP contribution in [-0.2, 0) is 14.3 Å². The quantitative estimate of drug-likeness (QED) is 0.391. The Kier molecular flexibility index (Phi) is 7.99. The summed E-state index contributed by atoms with van der Waals surface area (Å²) in [5, 5.41) is 5.35. The van der Waals surface area contributed by atoms with Crippen molar-refractivity contribution in [3.8, 4) is 0 Å². The Bertz CT molecular complexity index is 1080. The van der Waals surface area contributed by atoms with Crippen LogP contribution in [0, 0.1) is 0 Å². The molecule has 2 atom stereocenters. The summed E-state index contributed by atoms with van der Waals surface area (Å²) in [4.78, 5) is 41.8. The Labute approximate surface area is 190 Å². The molecular weight excluding hydrogens is 426 g/mol.